The highest BCUT2D eigenvalue weighted by Crippen LogP contribution is 2.35. The molecule has 0 aliphatic heterocycles. The largest absolute Gasteiger partial charge is 0.365 e. The predicted octanol–water partition coefficient (Wildman–Crippen LogP) is 3.81. The number of primary amides is 1. The number of amides is 2. The van der Waals surface area contributed by atoms with Crippen molar-refractivity contribution in [3.8, 4) is 0 Å². The van der Waals surface area contributed by atoms with Gasteiger partial charge in [0.05, 0.1) is 21.5 Å². The van der Waals surface area contributed by atoms with Crippen LogP contribution in [0, 0.1) is 27.2 Å². The number of nitrogens with two attached hydrogens (primary N) is 1. The van der Waals surface area contributed by atoms with Crippen LogP contribution in [0.2, 0.25) is 0 Å². The Morgan fingerprint density at radius 3 is 2.32 bits per heavy atom. The van der Waals surface area contributed by atoms with Crippen LogP contribution in [0.5, 0.6) is 0 Å². The lowest BCUT2D eigenvalue weighted by atomic mass is 10.1. The normalized spacial score (nSPS) is 10.5. The fourth-order valence-electron chi connectivity index (χ4n) is 3.04. The van der Waals surface area contributed by atoms with Crippen molar-refractivity contribution in [2.45, 2.75) is 13.3 Å². The van der Waals surface area contributed by atoms with E-state index in [4.69, 9.17) is 5.73 Å². The second-order valence-electron chi connectivity index (χ2n) is 6.55. The van der Waals surface area contributed by atoms with Crippen LogP contribution in [0.1, 0.15) is 36.7 Å². The summed E-state index contributed by atoms with van der Waals surface area (Å²) in [4.78, 5) is 46.1. The Balaban J connectivity index is 1.98. The molecule has 31 heavy (non-hydrogen) atoms. The van der Waals surface area contributed by atoms with Crippen LogP contribution in [-0.4, -0.2) is 21.7 Å². The quantitative estimate of drug-likeness (QED) is 0.420. The van der Waals surface area contributed by atoms with Gasteiger partial charge >= 0.3 is 0 Å². The SMILES string of the molecule is Cc1c(Cc2ccccc2)sc(NC(=O)c2ccc([N+](=O)[O-])cc2[N+](=O)[O-])c1C(N)=O. The lowest BCUT2D eigenvalue weighted by Gasteiger charge is -2.06. The monoisotopic (exact) mass is 440 g/mol. The predicted molar refractivity (Wildman–Crippen MR) is 115 cm³/mol. The fraction of sp³-hybridized carbons (Fsp3) is 0.100. The third kappa shape index (κ3) is 4.56. The number of anilines is 1. The molecule has 3 aromatic rings. The van der Waals surface area contributed by atoms with E-state index in [0.717, 1.165) is 33.9 Å². The molecule has 0 unspecified atom stereocenters. The van der Waals surface area contributed by atoms with Crippen molar-refractivity contribution in [2.75, 3.05) is 5.32 Å². The van der Waals surface area contributed by atoms with Crippen LogP contribution in [0.4, 0.5) is 16.4 Å². The maximum atomic E-state index is 12.7. The molecule has 0 bridgehead atoms. The standard InChI is InChI=1S/C20H16N4O6S/c1-11-16(9-12-5-3-2-4-6-12)31-20(17(11)18(21)25)22-19(26)14-8-7-13(23(27)28)10-15(14)24(29)30/h2-8,10H,9H2,1H3,(H2,21,25)(H,22,26). The maximum absolute atomic E-state index is 12.7. The third-order valence-corrected chi connectivity index (χ3v) is 5.77. The first-order valence-corrected chi connectivity index (χ1v) is 9.71. The number of nitro groups is 2. The van der Waals surface area contributed by atoms with Gasteiger partial charge in [-0.05, 0) is 24.1 Å². The zero-order valence-corrected chi connectivity index (χ0v) is 17.0. The van der Waals surface area contributed by atoms with Gasteiger partial charge in [0.1, 0.15) is 10.6 Å². The Hall–Kier alpha value is -4.12. The molecule has 3 rings (SSSR count). The number of hydrogen-bond donors (Lipinski definition) is 2. The van der Waals surface area contributed by atoms with Crippen molar-refractivity contribution < 1.29 is 19.4 Å². The first kappa shape index (κ1) is 21.6. The summed E-state index contributed by atoms with van der Waals surface area (Å²) in [6.07, 6.45) is 0.505. The molecule has 0 aliphatic carbocycles. The molecule has 1 heterocycles. The van der Waals surface area contributed by atoms with Gasteiger partial charge in [0.2, 0.25) is 0 Å². The molecule has 1 aromatic heterocycles. The number of benzene rings is 2. The lowest BCUT2D eigenvalue weighted by Crippen LogP contribution is -2.18. The molecule has 0 saturated carbocycles. The second-order valence-corrected chi connectivity index (χ2v) is 7.66. The minimum absolute atomic E-state index is 0.119. The molecule has 0 atom stereocenters. The zero-order valence-electron chi connectivity index (χ0n) is 16.2. The Kier molecular flexibility index (Phi) is 6.07. The molecule has 0 aliphatic rings. The van der Waals surface area contributed by atoms with Crippen molar-refractivity contribution >= 4 is 39.5 Å². The first-order valence-electron chi connectivity index (χ1n) is 8.89. The maximum Gasteiger partial charge on any atom is 0.289 e. The minimum Gasteiger partial charge on any atom is -0.365 e. The average molecular weight is 440 g/mol. The molecule has 2 aromatic carbocycles. The van der Waals surface area contributed by atoms with Crippen LogP contribution >= 0.6 is 11.3 Å². The van der Waals surface area contributed by atoms with Gasteiger partial charge in [-0.2, -0.15) is 0 Å². The van der Waals surface area contributed by atoms with Gasteiger partial charge in [-0.3, -0.25) is 29.8 Å². The van der Waals surface area contributed by atoms with Crippen LogP contribution in [0.25, 0.3) is 0 Å². The van der Waals surface area contributed by atoms with Crippen molar-refractivity contribution in [3.63, 3.8) is 0 Å². The number of nitrogens with one attached hydrogen (secondary N) is 1. The van der Waals surface area contributed by atoms with E-state index in [9.17, 15) is 29.8 Å². The fourth-order valence-corrected chi connectivity index (χ4v) is 4.28. The number of carbonyl (C=O) groups excluding carboxylic acids is 2. The summed E-state index contributed by atoms with van der Waals surface area (Å²) in [6.45, 7) is 1.71. The molecule has 0 radical (unpaired) electrons. The van der Waals surface area contributed by atoms with Gasteiger partial charge in [0, 0.05) is 17.4 Å². The summed E-state index contributed by atoms with van der Waals surface area (Å²) in [5.74, 6) is -1.63. The van der Waals surface area contributed by atoms with E-state index in [2.05, 4.69) is 5.32 Å². The Labute approximate surface area is 179 Å². The van der Waals surface area contributed by atoms with E-state index in [1.807, 2.05) is 30.3 Å². The highest BCUT2D eigenvalue weighted by atomic mass is 32.1. The first-order chi connectivity index (χ1) is 14.7. The lowest BCUT2D eigenvalue weighted by molar-refractivity contribution is -0.394. The molecule has 0 saturated heterocycles. The summed E-state index contributed by atoms with van der Waals surface area (Å²) in [5, 5.41) is 24.9. The van der Waals surface area contributed by atoms with Gasteiger partial charge in [-0.1, -0.05) is 30.3 Å². The number of hydrogen-bond acceptors (Lipinski definition) is 7. The number of non-ortho nitro benzene ring substituents is 1. The highest BCUT2D eigenvalue weighted by Gasteiger charge is 2.27. The molecule has 11 heteroatoms. The van der Waals surface area contributed by atoms with Crippen LogP contribution in [0.15, 0.2) is 48.5 Å². The molecular formula is C20H16N4O6S. The number of rotatable bonds is 7. The Morgan fingerprint density at radius 2 is 1.74 bits per heavy atom. The minimum atomic E-state index is -0.878. The Bertz CT molecular complexity index is 1210. The smallest absolute Gasteiger partial charge is 0.289 e. The molecule has 0 spiro atoms. The van der Waals surface area contributed by atoms with Crippen LogP contribution in [0.3, 0.4) is 0 Å². The number of thiophene rings is 1. The topological polar surface area (TPSA) is 158 Å². The van der Waals surface area contributed by atoms with E-state index < -0.39 is 33.0 Å². The summed E-state index contributed by atoms with van der Waals surface area (Å²) in [7, 11) is 0. The summed E-state index contributed by atoms with van der Waals surface area (Å²) in [6, 6.07) is 12.2. The van der Waals surface area contributed by atoms with Gasteiger partial charge in [0.15, 0.2) is 0 Å². The number of carbonyl (C=O) groups is 2. The Morgan fingerprint density at radius 1 is 1.06 bits per heavy atom. The molecule has 158 valence electrons. The number of nitrogens with zero attached hydrogens (tertiary/aromatic N) is 2. The van der Waals surface area contributed by atoms with Gasteiger partial charge < -0.3 is 11.1 Å². The van der Waals surface area contributed by atoms with Crippen molar-refractivity contribution in [2.24, 2.45) is 5.73 Å². The second kappa shape index (κ2) is 8.71. The highest BCUT2D eigenvalue weighted by molar-refractivity contribution is 7.17. The van der Waals surface area contributed by atoms with Gasteiger partial charge in [-0.15, -0.1) is 11.3 Å². The van der Waals surface area contributed by atoms with Crippen LogP contribution < -0.4 is 11.1 Å². The van der Waals surface area contributed by atoms with Crippen molar-refractivity contribution in [1.29, 1.82) is 0 Å². The van der Waals surface area contributed by atoms with E-state index in [-0.39, 0.29) is 16.1 Å². The van der Waals surface area contributed by atoms with Crippen molar-refractivity contribution in [1.82, 2.24) is 0 Å². The molecular weight excluding hydrogens is 424 g/mol. The van der Waals surface area contributed by atoms with Gasteiger partial charge in [0.25, 0.3) is 23.2 Å². The molecule has 2 amide bonds. The van der Waals surface area contributed by atoms with E-state index in [0.29, 0.717) is 18.1 Å². The van der Waals surface area contributed by atoms with Gasteiger partial charge in [-0.25, -0.2) is 0 Å². The van der Waals surface area contributed by atoms with Crippen molar-refractivity contribution in [3.05, 3.63) is 95.9 Å². The summed E-state index contributed by atoms with van der Waals surface area (Å²) in [5.41, 5.74) is 5.61. The summed E-state index contributed by atoms with van der Waals surface area (Å²) >= 11 is 1.14. The number of nitro benzene ring substituents is 2. The van der Waals surface area contributed by atoms with E-state index in [1.165, 1.54) is 0 Å². The molecule has 10 nitrogen and oxygen atoms in total. The molecule has 0 fully saturated rings. The third-order valence-electron chi connectivity index (χ3n) is 4.56. The van der Waals surface area contributed by atoms with Crippen LogP contribution in [-0.2, 0) is 6.42 Å². The summed E-state index contributed by atoms with van der Waals surface area (Å²) < 4.78 is 0. The molecule has 3 N–H and O–H groups in total. The average Bonchev–Trinajstić information content (AvgIpc) is 3.02. The van der Waals surface area contributed by atoms with E-state index in [1.54, 1.807) is 6.92 Å². The van der Waals surface area contributed by atoms with E-state index >= 15 is 0 Å². The zero-order chi connectivity index (χ0) is 22.7.